The van der Waals surface area contributed by atoms with Gasteiger partial charge in [0.25, 0.3) is 0 Å². The zero-order valence-corrected chi connectivity index (χ0v) is 11.6. The predicted molar refractivity (Wildman–Crippen MR) is 75.2 cm³/mol. The Morgan fingerprint density at radius 3 is 2.61 bits per heavy atom. The Labute approximate surface area is 111 Å². The first-order valence-corrected chi connectivity index (χ1v) is 7.19. The number of unbranched alkanes of at least 4 members (excludes halogenated alkanes) is 6. The second-order valence-electron chi connectivity index (χ2n) is 4.77. The number of hydrogen-bond acceptors (Lipinski definition) is 2. The first kappa shape index (κ1) is 14.8. The molecule has 0 spiro atoms. The summed E-state index contributed by atoms with van der Waals surface area (Å²) in [7, 11) is 0. The van der Waals surface area contributed by atoms with Gasteiger partial charge < -0.3 is 0 Å². The molecular weight excluding hydrogens is 222 g/mol. The van der Waals surface area contributed by atoms with Crippen LogP contribution in [0.15, 0.2) is 6.20 Å². The Morgan fingerprint density at radius 2 is 1.89 bits per heavy atom. The van der Waals surface area contributed by atoms with Crippen LogP contribution >= 0.6 is 0 Å². The molecule has 0 amide bonds. The minimum absolute atomic E-state index is 0.768. The zero-order valence-electron chi connectivity index (χ0n) is 11.6. The SMILES string of the molecule is C#CCCc1cnnn1CCCCCCCCC. The third-order valence-corrected chi connectivity index (χ3v) is 3.20. The van der Waals surface area contributed by atoms with E-state index >= 15 is 0 Å². The molecule has 0 saturated carbocycles. The van der Waals surface area contributed by atoms with E-state index in [9.17, 15) is 0 Å². The molecule has 100 valence electrons. The van der Waals surface area contributed by atoms with Gasteiger partial charge in [-0.2, -0.15) is 0 Å². The van der Waals surface area contributed by atoms with Crippen molar-refractivity contribution in [2.45, 2.75) is 71.3 Å². The van der Waals surface area contributed by atoms with Crippen LogP contribution in [0, 0.1) is 12.3 Å². The molecule has 0 saturated heterocycles. The van der Waals surface area contributed by atoms with Gasteiger partial charge >= 0.3 is 0 Å². The van der Waals surface area contributed by atoms with E-state index in [1.807, 2.05) is 10.9 Å². The van der Waals surface area contributed by atoms with Crippen LogP contribution < -0.4 is 0 Å². The number of aryl methyl sites for hydroxylation is 2. The fourth-order valence-corrected chi connectivity index (χ4v) is 2.08. The Hall–Kier alpha value is -1.30. The molecule has 0 bridgehead atoms. The van der Waals surface area contributed by atoms with Gasteiger partial charge in [-0.25, -0.2) is 4.68 Å². The van der Waals surface area contributed by atoms with Crippen LogP contribution in [0.25, 0.3) is 0 Å². The average molecular weight is 247 g/mol. The summed E-state index contributed by atoms with van der Waals surface area (Å²) in [5.74, 6) is 2.66. The van der Waals surface area contributed by atoms with Crippen LogP contribution in [0.2, 0.25) is 0 Å². The molecule has 18 heavy (non-hydrogen) atoms. The normalized spacial score (nSPS) is 10.4. The predicted octanol–water partition coefficient (Wildman–Crippen LogP) is 3.59. The lowest BCUT2D eigenvalue weighted by molar-refractivity contribution is 0.501. The van der Waals surface area contributed by atoms with Gasteiger partial charge in [0, 0.05) is 19.4 Å². The van der Waals surface area contributed by atoms with Crippen molar-refractivity contribution in [3.05, 3.63) is 11.9 Å². The van der Waals surface area contributed by atoms with E-state index in [1.165, 1.54) is 50.6 Å². The summed E-state index contributed by atoms with van der Waals surface area (Å²) in [6.07, 6.45) is 18.0. The van der Waals surface area contributed by atoms with Crippen LogP contribution in [0.1, 0.15) is 64.0 Å². The molecule has 0 aromatic carbocycles. The third-order valence-electron chi connectivity index (χ3n) is 3.20. The summed E-state index contributed by atoms with van der Waals surface area (Å²) in [4.78, 5) is 0. The van der Waals surface area contributed by atoms with E-state index < -0.39 is 0 Å². The smallest absolute Gasteiger partial charge is 0.0725 e. The van der Waals surface area contributed by atoms with E-state index in [1.54, 1.807) is 0 Å². The summed E-state index contributed by atoms with van der Waals surface area (Å²) < 4.78 is 2.00. The lowest BCUT2D eigenvalue weighted by atomic mass is 10.1. The number of aromatic nitrogens is 3. The van der Waals surface area contributed by atoms with Crippen LogP contribution in [0.5, 0.6) is 0 Å². The third kappa shape index (κ3) is 5.86. The van der Waals surface area contributed by atoms with Gasteiger partial charge in [-0.15, -0.1) is 17.4 Å². The second-order valence-corrected chi connectivity index (χ2v) is 4.77. The molecule has 1 aromatic heterocycles. The van der Waals surface area contributed by atoms with Gasteiger partial charge in [-0.1, -0.05) is 50.7 Å². The fraction of sp³-hybridized carbons (Fsp3) is 0.733. The maximum absolute atomic E-state index is 5.27. The second kappa shape index (κ2) is 9.70. The molecule has 0 fully saturated rings. The molecule has 0 aliphatic heterocycles. The molecule has 0 aliphatic rings. The van der Waals surface area contributed by atoms with Crippen molar-refractivity contribution in [3.63, 3.8) is 0 Å². The van der Waals surface area contributed by atoms with Crippen molar-refractivity contribution in [2.75, 3.05) is 0 Å². The van der Waals surface area contributed by atoms with E-state index in [0.29, 0.717) is 0 Å². The monoisotopic (exact) mass is 247 g/mol. The van der Waals surface area contributed by atoms with Crippen molar-refractivity contribution in [1.82, 2.24) is 15.0 Å². The highest BCUT2D eigenvalue weighted by molar-refractivity contribution is 4.98. The lowest BCUT2D eigenvalue weighted by Gasteiger charge is -2.05. The van der Waals surface area contributed by atoms with Crippen LogP contribution in [-0.4, -0.2) is 15.0 Å². The summed E-state index contributed by atoms with van der Waals surface area (Å²) >= 11 is 0. The summed E-state index contributed by atoms with van der Waals surface area (Å²) in [5.41, 5.74) is 1.17. The maximum atomic E-state index is 5.27. The summed E-state index contributed by atoms with van der Waals surface area (Å²) in [6, 6.07) is 0. The highest BCUT2D eigenvalue weighted by atomic mass is 15.4. The number of hydrogen-bond donors (Lipinski definition) is 0. The molecule has 3 heteroatoms. The highest BCUT2D eigenvalue weighted by Crippen LogP contribution is 2.08. The van der Waals surface area contributed by atoms with E-state index in [2.05, 4.69) is 23.2 Å². The average Bonchev–Trinajstić information content (AvgIpc) is 2.83. The standard InChI is InChI=1S/C15H25N3/c1-3-5-7-8-9-10-11-13-18-15(12-6-4-2)14-16-17-18/h2,14H,3,5-13H2,1H3. The number of terminal acetylenes is 1. The fourth-order valence-electron chi connectivity index (χ4n) is 2.08. The minimum atomic E-state index is 0.768. The van der Waals surface area contributed by atoms with E-state index in [0.717, 1.165) is 19.4 Å². The molecule has 0 aliphatic carbocycles. The molecule has 1 aromatic rings. The number of rotatable bonds is 10. The van der Waals surface area contributed by atoms with Crippen LogP contribution in [0.3, 0.4) is 0 Å². The molecule has 0 radical (unpaired) electrons. The Balaban J connectivity index is 2.11. The van der Waals surface area contributed by atoms with Gasteiger partial charge in [0.1, 0.15) is 0 Å². The van der Waals surface area contributed by atoms with Crippen molar-refractivity contribution < 1.29 is 0 Å². The number of nitrogens with zero attached hydrogens (tertiary/aromatic N) is 3. The molecular formula is C15H25N3. The quantitative estimate of drug-likeness (QED) is 0.467. The lowest BCUT2D eigenvalue weighted by Crippen LogP contribution is -2.05. The molecule has 3 nitrogen and oxygen atoms in total. The van der Waals surface area contributed by atoms with Gasteiger partial charge in [-0.3, -0.25) is 0 Å². The molecule has 0 atom stereocenters. The summed E-state index contributed by atoms with van der Waals surface area (Å²) in [5, 5.41) is 8.07. The Morgan fingerprint density at radius 1 is 1.17 bits per heavy atom. The van der Waals surface area contributed by atoms with E-state index in [4.69, 9.17) is 6.42 Å². The van der Waals surface area contributed by atoms with Gasteiger partial charge in [-0.05, 0) is 6.42 Å². The van der Waals surface area contributed by atoms with Crippen molar-refractivity contribution in [3.8, 4) is 12.3 Å². The highest BCUT2D eigenvalue weighted by Gasteiger charge is 2.02. The maximum Gasteiger partial charge on any atom is 0.0725 e. The molecule has 1 rings (SSSR count). The summed E-state index contributed by atoms with van der Waals surface area (Å²) in [6.45, 7) is 3.23. The zero-order chi connectivity index (χ0) is 13.1. The van der Waals surface area contributed by atoms with Gasteiger partial charge in [0.05, 0.1) is 11.9 Å². The van der Waals surface area contributed by atoms with Gasteiger partial charge in [0.2, 0.25) is 0 Å². The van der Waals surface area contributed by atoms with Crippen molar-refractivity contribution >= 4 is 0 Å². The first-order chi connectivity index (χ1) is 8.88. The van der Waals surface area contributed by atoms with Crippen LogP contribution in [0.4, 0.5) is 0 Å². The van der Waals surface area contributed by atoms with Gasteiger partial charge in [0.15, 0.2) is 0 Å². The van der Waals surface area contributed by atoms with Crippen LogP contribution in [-0.2, 0) is 13.0 Å². The molecule has 0 N–H and O–H groups in total. The van der Waals surface area contributed by atoms with Crippen molar-refractivity contribution in [2.24, 2.45) is 0 Å². The molecule has 1 heterocycles. The molecule has 0 unspecified atom stereocenters. The Bertz CT molecular complexity index is 349. The largest absolute Gasteiger partial charge is 0.249 e. The Kier molecular flexibility index (Phi) is 7.96. The van der Waals surface area contributed by atoms with Crippen molar-refractivity contribution in [1.29, 1.82) is 0 Å². The minimum Gasteiger partial charge on any atom is -0.249 e. The topological polar surface area (TPSA) is 30.7 Å². The van der Waals surface area contributed by atoms with E-state index in [-0.39, 0.29) is 0 Å². The first-order valence-electron chi connectivity index (χ1n) is 7.19.